The Bertz CT molecular complexity index is 391. The molecule has 0 aliphatic rings. The third-order valence-electron chi connectivity index (χ3n) is 3.53. The first-order chi connectivity index (χ1) is 8.95. The molecule has 0 bridgehead atoms. The fourth-order valence-corrected chi connectivity index (χ4v) is 2.63. The number of phenolic OH excluding ortho intramolecular Hbond substituents is 1. The Balaban J connectivity index is 3.15. The number of hydrogen-bond acceptors (Lipinski definition) is 1. The lowest BCUT2D eigenvalue weighted by atomic mass is 9.87. The van der Waals surface area contributed by atoms with Crippen molar-refractivity contribution in [3.63, 3.8) is 0 Å². The van der Waals surface area contributed by atoms with Crippen LogP contribution < -0.4 is 0 Å². The zero-order chi connectivity index (χ0) is 14.4. The number of phenols is 1. The number of benzene rings is 1. The second-order valence-electron chi connectivity index (χ2n) is 6.50. The molecule has 1 N–H and O–H groups in total. The third-order valence-corrected chi connectivity index (χ3v) is 3.53. The van der Waals surface area contributed by atoms with E-state index in [0.29, 0.717) is 17.6 Å². The number of aromatic hydroxyl groups is 1. The first kappa shape index (κ1) is 16.1. The van der Waals surface area contributed by atoms with Crippen molar-refractivity contribution in [2.45, 2.75) is 66.7 Å². The smallest absolute Gasteiger partial charge is 0.119 e. The molecule has 0 heterocycles. The first-order valence-corrected chi connectivity index (χ1v) is 7.78. The van der Waals surface area contributed by atoms with Crippen molar-refractivity contribution in [2.24, 2.45) is 11.8 Å². The molecule has 0 saturated carbocycles. The zero-order valence-corrected chi connectivity index (χ0v) is 13.3. The summed E-state index contributed by atoms with van der Waals surface area (Å²) in [5.74, 6) is 1.70. The summed E-state index contributed by atoms with van der Waals surface area (Å²) in [5.41, 5.74) is 4.05. The van der Waals surface area contributed by atoms with Crippen molar-refractivity contribution in [3.05, 3.63) is 28.8 Å². The van der Waals surface area contributed by atoms with Crippen LogP contribution in [0.2, 0.25) is 0 Å². The molecular weight excluding hydrogens is 232 g/mol. The highest BCUT2D eigenvalue weighted by molar-refractivity contribution is 5.45. The van der Waals surface area contributed by atoms with Gasteiger partial charge in [-0.25, -0.2) is 0 Å². The summed E-state index contributed by atoms with van der Waals surface area (Å²) in [6.07, 6.45) is 5.66. The van der Waals surface area contributed by atoms with Crippen LogP contribution in [0.1, 0.15) is 64.2 Å². The molecule has 0 amide bonds. The summed E-state index contributed by atoms with van der Waals surface area (Å²) in [4.78, 5) is 0. The zero-order valence-electron chi connectivity index (χ0n) is 13.3. The normalized spacial score (nSPS) is 11.5. The molecule has 1 aromatic carbocycles. The quantitative estimate of drug-likeness (QED) is 0.722. The molecule has 1 rings (SSSR count). The van der Waals surface area contributed by atoms with Gasteiger partial charge < -0.3 is 5.11 Å². The van der Waals surface area contributed by atoms with Crippen LogP contribution >= 0.6 is 0 Å². The van der Waals surface area contributed by atoms with E-state index in [-0.39, 0.29) is 0 Å². The van der Waals surface area contributed by atoms with E-state index in [1.54, 1.807) is 0 Å². The molecule has 0 aliphatic carbocycles. The topological polar surface area (TPSA) is 20.2 Å². The van der Waals surface area contributed by atoms with Crippen molar-refractivity contribution in [2.75, 3.05) is 0 Å². The highest BCUT2D eigenvalue weighted by Gasteiger charge is 2.15. The van der Waals surface area contributed by atoms with Gasteiger partial charge in [0.25, 0.3) is 0 Å². The van der Waals surface area contributed by atoms with Gasteiger partial charge in [0.05, 0.1) is 0 Å². The standard InChI is InChI=1S/C18H30O/c1-6-7-8-15-9-10-18(19)17(12-14(4)5)16(15)11-13(2)3/h9-10,13-14,19H,6-8,11-12H2,1-5H3. The lowest BCUT2D eigenvalue weighted by Crippen LogP contribution is -2.07. The van der Waals surface area contributed by atoms with Gasteiger partial charge >= 0.3 is 0 Å². The maximum absolute atomic E-state index is 10.2. The van der Waals surface area contributed by atoms with E-state index in [2.05, 4.69) is 40.7 Å². The van der Waals surface area contributed by atoms with Gasteiger partial charge in [0, 0.05) is 0 Å². The summed E-state index contributed by atoms with van der Waals surface area (Å²) in [6, 6.07) is 4.03. The van der Waals surface area contributed by atoms with Crippen LogP contribution in [0, 0.1) is 11.8 Å². The van der Waals surface area contributed by atoms with Crippen LogP contribution in [0.5, 0.6) is 5.75 Å². The van der Waals surface area contributed by atoms with E-state index in [4.69, 9.17) is 0 Å². The highest BCUT2D eigenvalue weighted by atomic mass is 16.3. The Labute approximate surface area is 119 Å². The Hall–Kier alpha value is -0.980. The number of rotatable bonds is 7. The van der Waals surface area contributed by atoms with E-state index < -0.39 is 0 Å². The number of aryl methyl sites for hydroxylation is 1. The Morgan fingerprint density at radius 2 is 1.53 bits per heavy atom. The molecule has 0 unspecified atom stereocenters. The lowest BCUT2D eigenvalue weighted by molar-refractivity contribution is 0.459. The monoisotopic (exact) mass is 262 g/mol. The summed E-state index contributed by atoms with van der Waals surface area (Å²) < 4.78 is 0. The molecule has 0 aromatic heterocycles. The molecule has 108 valence electrons. The van der Waals surface area contributed by atoms with Crippen molar-refractivity contribution in [3.8, 4) is 5.75 Å². The van der Waals surface area contributed by atoms with Gasteiger partial charge in [0.2, 0.25) is 0 Å². The molecule has 0 spiro atoms. The van der Waals surface area contributed by atoms with Crippen LogP contribution in [0.15, 0.2) is 12.1 Å². The third kappa shape index (κ3) is 4.89. The second-order valence-corrected chi connectivity index (χ2v) is 6.50. The van der Waals surface area contributed by atoms with Gasteiger partial charge in [-0.1, -0.05) is 47.1 Å². The summed E-state index contributed by atoms with van der Waals surface area (Å²) in [5, 5.41) is 10.2. The Kier molecular flexibility index (Phi) is 6.41. The van der Waals surface area contributed by atoms with Gasteiger partial charge in [-0.15, -0.1) is 0 Å². The number of hydrogen-bond donors (Lipinski definition) is 1. The molecule has 0 atom stereocenters. The summed E-state index contributed by atoms with van der Waals surface area (Å²) >= 11 is 0. The van der Waals surface area contributed by atoms with Crippen LogP contribution in [-0.4, -0.2) is 5.11 Å². The fourth-order valence-electron chi connectivity index (χ4n) is 2.63. The molecule has 0 aliphatic heterocycles. The predicted molar refractivity (Wildman–Crippen MR) is 83.8 cm³/mol. The van der Waals surface area contributed by atoms with Gasteiger partial charge in [0.1, 0.15) is 5.75 Å². The number of unbranched alkanes of at least 4 members (excludes halogenated alkanes) is 1. The second kappa shape index (κ2) is 7.57. The van der Waals surface area contributed by atoms with Crippen LogP contribution in [0.25, 0.3) is 0 Å². The molecule has 1 heteroatoms. The van der Waals surface area contributed by atoms with Gasteiger partial charge in [-0.05, 0) is 60.3 Å². The van der Waals surface area contributed by atoms with Crippen LogP contribution in [0.4, 0.5) is 0 Å². The summed E-state index contributed by atoms with van der Waals surface area (Å²) in [7, 11) is 0. The first-order valence-electron chi connectivity index (χ1n) is 7.78. The van der Waals surface area contributed by atoms with E-state index in [9.17, 15) is 5.11 Å². The van der Waals surface area contributed by atoms with E-state index >= 15 is 0 Å². The minimum atomic E-state index is 0.490. The van der Waals surface area contributed by atoms with Crippen molar-refractivity contribution >= 4 is 0 Å². The van der Waals surface area contributed by atoms with E-state index in [1.807, 2.05) is 6.07 Å². The van der Waals surface area contributed by atoms with Crippen molar-refractivity contribution in [1.29, 1.82) is 0 Å². The van der Waals surface area contributed by atoms with Gasteiger partial charge in [-0.3, -0.25) is 0 Å². The molecular formula is C18H30O. The average molecular weight is 262 g/mol. The Morgan fingerprint density at radius 1 is 0.947 bits per heavy atom. The molecule has 1 nitrogen and oxygen atoms in total. The molecule has 19 heavy (non-hydrogen) atoms. The molecule has 0 saturated heterocycles. The average Bonchev–Trinajstić information content (AvgIpc) is 2.32. The van der Waals surface area contributed by atoms with Crippen molar-refractivity contribution < 1.29 is 5.11 Å². The molecule has 0 radical (unpaired) electrons. The maximum atomic E-state index is 10.2. The van der Waals surface area contributed by atoms with E-state index in [1.165, 1.54) is 29.5 Å². The van der Waals surface area contributed by atoms with Crippen LogP contribution in [-0.2, 0) is 19.3 Å². The van der Waals surface area contributed by atoms with Gasteiger partial charge in [-0.2, -0.15) is 0 Å². The minimum absolute atomic E-state index is 0.490. The summed E-state index contributed by atoms with van der Waals surface area (Å²) in [6.45, 7) is 11.2. The van der Waals surface area contributed by atoms with E-state index in [0.717, 1.165) is 19.3 Å². The van der Waals surface area contributed by atoms with Crippen LogP contribution in [0.3, 0.4) is 0 Å². The SMILES string of the molecule is CCCCc1ccc(O)c(CC(C)C)c1CC(C)C. The maximum Gasteiger partial charge on any atom is 0.119 e. The Morgan fingerprint density at radius 3 is 2.05 bits per heavy atom. The molecule has 1 aromatic rings. The highest BCUT2D eigenvalue weighted by Crippen LogP contribution is 2.30. The predicted octanol–water partition coefficient (Wildman–Crippen LogP) is 5.13. The lowest BCUT2D eigenvalue weighted by Gasteiger charge is -2.19. The molecule has 0 fully saturated rings. The minimum Gasteiger partial charge on any atom is -0.508 e. The fraction of sp³-hybridized carbons (Fsp3) is 0.667. The largest absolute Gasteiger partial charge is 0.508 e. The van der Waals surface area contributed by atoms with Gasteiger partial charge in [0.15, 0.2) is 0 Å². The van der Waals surface area contributed by atoms with Crippen molar-refractivity contribution in [1.82, 2.24) is 0 Å².